The molecule has 0 aromatic carbocycles. The van der Waals surface area contributed by atoms with Crippen molar-refractivity contribution in [2.75, 3.05) is 26.4 Å². The maximum Gasteiger partial charge on any atom is 0.310 e. The first-order valence-electron chi connectivity index (χ1n) is 26.0. The molecule has 2 fully saturated rings. The number of unbranched alkanes of at least 4 members (excludes halogenated alkanes) is 14. The molecule has 0 bridgehead atoms. The van der Waals surface area contributed by atoms with Gasteiger partial charge in [0.2, 0.25) is 0 Å². The number of ether oxygens (including phenoxy) is 6. The molecule has 2 heterocycles. The minimum Gasteiger partial charge on any atom is -0.462 e. The Hall–Kier alpha value is -3.06. The van der Waals surface area contributed by atoms with Crippen molar-refractivity contribution in [2.24, 2.45) is 0 Å². The minimum atomic E-state index is -1.78. The average Bonchev–Trinajstić information content (AvgIpc) is 3.34. The SMILES string of the molecule is CC/C=C\C/C=C\C/C=C\C/C=C\C/C=C\CC(=O)OC(COC(=O)CCCCCCCCC/C=C\CCCCCCCCC)COC1OC(COC2OC(CO)C(O)C(O)C2O)C(O)C(O)C1O. The number of aliphatic hydroxyl groups excluding tert-OH is 7. The largest absolute Gasteiger partial charge is 0.462 e. The first kappa shape index (κ1) is 62.1. The van der Waals surface area contributed by atoms with E-state index >= 15 is 0 Å². The average molecular weight is 979 g/mol. The van der Waals surface area contributed by atoms with Crippen molar-refractivity contribution in [2.45, 2.75) is 229 Å². The maximum atomic E-state index is 12.9. The van der Waals surface area contributed by atoms with E-state index in [0.29, 0.717) is 12.8 Å². The minimum absolute atomic E-state index is 0.0706. The molecule has 2 aliphatic heterocycles. The summed E-state index contributed by atoms with van der Waals surface area (Å²) in [5.74, 6) is -1.08. The van der Waals surface area contributed by atoms with Gasteiger partial charge in [-0.15, -0.1) is 0 Å². The highest BCUT2D eigenvalue weighted by Crippen LogP contribution is 2.26. The van der Waals surface area contributed by atoms with E-state index in [0.717, 1.165) is 57.8 Å². The van der Waals surface area contributed by atoms with Gasteiger partial charge in [0, 0.05) is 6.42 Å². The molecule has 0 spiro atoms. The van der Waals surface area contributed by atoms with Gasteiger partial charge in [0.25, 0.3) is 0 Å². The summed E-state index contributed by atoms with van der Waals surface area (Å²) in [6.45, 7) is 2.36. The molecule has 69 heavy (non-hydrogen) atoms. The Morgan fingerprint density at radius 3 is 1.49 bits per heavy atom. The zero-order chi connectivity index (χ0) is 50.3. The predicted octanol–water partition coefficient (Wildman–Crippen LogP) is 7.43. The lowest BCUT2D eigenvalue weighted by Crippen LogP contribution is -2.61. The van der Waals surface area contributed by atoms with Crippen molar-refractivity contribution >= 4 is 11.9 Å². The van der Waals surface area contributed by atoms with Crippen molar-refractivity contribution in [1.29, 1.82) is 0 Å². The number of hydrogen-bond acceptors (Lipinski definition) is 15. The van der Waals surface area contributed by atoms with E-state index in [1.807, 2.05) is 18.2 Å². The Morgan fingerprint density at radius 2 is 0.957 bits per heavy atom. The van der Waals surface area contributed by atoms with E-state index < -0.39 is 99.3 Å². The van der Waals surface area contributed by atoms with Crippen LogP contribution >= 0.6 is 0 Å². The van der Waals surface area contributed by atoms with Crippen LogP contribution in [0.2, 0.25) is 0 Å². The number of rotatable bonds is 39. The smallest absolute Gasteiger partial charge is 0.310 e. The highest BCUT2D eigenvalue weighted by atomic mass is 16.7. The van der Waals surface area contributed by atoms with Crippen molar-refractivity contribution in [3.8, 4) is 0 Å². The third kappa shape index (κ3) is 28.5. The standard InChI is InChI=1S/C54H90O15/c1-3-5-7-9-11-13-15-17-19-20-21-23-24-26-28-30-32-34-36-45(56)64-39-42(67-46(57)37-35-33-31-29-27-25-22-18-16-14-12-10-8-6-4-2)40-65-53-52(63)50(61)48(59)44(69-53)41-66-54-51(62)49(60)47(58)43(38-55)68-54/h6,8,12,14,18-20,22,27,29,33,35,42-44,47-55,58-63H,3-5,7,9-11,13,15-17,21,23-26,28,30-32,34,36-41H2,1-2H3/b8-6-,14-12-,20-19-,22-18-,29-27-,35-33-. The van der Waals surface area contributed by atoms with Gasteiger partial charge in [-0.05, 0) is 64.2 Å². The number of carbonyl (C=O) groups is 2. The van der Waals surface area contributed by atoms with Crippen LogP contribution in [0, 0.1) is 0 Å². The number of carbonyl (C=O) groups excluding carboxylic acids is 2. The Kier molecular flexibility index (Phi) is 36.4. The van der Waals surface area contributed by atoms with Gasteiger partial charge in [0.15, 0.2) is 18.7 Å². The topological polar surface area (TPSA) is 231 Å². The van der Waals surface area contributed by atoms with Gasteiger partial charge < -0.3 is 64.2 Å². The molecule has 0 radical (unpaired) electrons. The summed E-state index contributed by atoms with van der Waals surface area (Å²) in [5, 5.41) is 72.1. The van der Waals surface area contributed by atoms with Crippen LogP contribution in [0.15, 0.2) is 72.9 Å². The van der Waals surface area contributed by atoms with Gasteiger partial charge in [0.05, 0.1) is 26.2 Å². The van der Waals surface area contributed by atoms with Crippen molar-refractivity contribution in [3.63, 3.8) is 0 Å². The molecule has 0 amide bonds. The second kappa shape index (κ2) is 40.5. The highest BCUT2D eigenvalue weighted by molar-refractivity contribution is 5.71. The molecule has 2 aliphatic rings. The number of esters is 2. The van der Waals surface area contributed by atoms with Crippen LogP contribution in [-0.4, -0.2) is 142 Å². The van der Waals surface area contributed by atoms with Gasteiger partial charge in [0.1, 0.15) is 55.4 Å². The maximum absolute atomic E-state index is 12.9. The van der Waals surface area contributed by atoms with Crippen LogP contribution in [0.3, 0.4) is 0 Å². The fraction of sp³-hybridized carbons (Fsp3) is 0.741. The molecular weight excluding hydrogens is 889 g/mol. The molecule has 11 atom stereocenters. The first-order chi connectivity index (χ1) is 33.5. The van der Waals surface area contributed by atoms with Crippen molar-refractivity contribution in [1.82, 2.24) is 0 Å². The van der Waals surface area contributed by atoms with E-state index in [4.69, 9.17) is 28.4 Å². The summed E-state index contributed by atoms with van der Waals surface area (Å²) in [4.78, 5) is 25.7. The third-order valence-corrected chi connectivity index (χ3v) is 12.0. The summed E-state index contributed by atoms with van der Waals surface area (Å²) in [7, 11) is 0. The highest BCUT2D eigenvalue weighted by Gasteiger charge is 2.47. The van der Waals surface area contributed by atoms with Crippen molar-refractivity contribution in [3.05, 3.63) is 72.9 Å². The van der Waals surface area contributed by atoms with E-state index in [1.54, 1.807) is 6.08 Å². The normalized spacial score (nSPS) is 26.2. The van der Waals surface area contributed by atoms with E-state index in [2.05, 4.69) is 62.5 Å². The fourth-order valence-corrected chi connectivity index (χ4v) is 7.70. The van der Waals surface area contributed by atoms with Crippen LogP contribution < -0.4 is 0 Å². The molecule has 0 saturated carbocycles. The lowest BCUT2D eigenvalue weighted by molar-refractivity contribution is -0.332. The summed E-state index contributed by atoms with van der Waals surface area (Å²) in [6.07, 6.45) is 31.0. The van der Waals surface area contributed by atoms with Gasteiger partial charge in [-0.2, -0.15) is 0 Å². The second-order valence-corrected chi connectivity index (χ2v) is 18.0. The Labute approximate surface area is 412 Å². The number of hydrogen-bond donors (Lipinski definition) is 7. The molecule has 396 valence electrons. The number of aliphatic hydroxyl groups is 7. The van der Waals surface area contributed by atoms with E-state index in [-0.39, 0.29) is 19.4 Å². The summed E-state index contributed by atoms with van der Waals surface area (Å²) >= 11 is 0. The monoisotopic (exact) mass is 979 g/mol. The number of allylic oxidation sites excluding steroid dienone is 11. The Balaban J connectivity index is 1.84. The van der Waals surface area contributed by atoms with E-state index in [1.165, 1.54) is 64.2 Å². The van der Waals surface area contributed by atoms with Gasteiger partial charge >= 0.3 is 11.9 Å². The molecule has 15 heteroatoms. The van der Waals surface area contributed by atoms with Gasteiger partial charge in [-0.1, -0.05) is 157 Å². The van der Waals surface area contributed by atoms with Crippen LogP contribution in [0.25, 0.3) is 0 Å². The molecule has 7 N–H and O–H groups in total. The third-order valence-electron chi connectivity index (χ3n) is 12.0. The zero-order valence-electron chi connectivity index (χ0n) is 41.8. The van der Waals surface area contributed by atoms with Crippen LogP contribution in [0.5, 0.6) is 0 Å². The molecule has 0 aromatic heterocycles. The lowest BCUT2D eigenvalue weighted by atomic mass is 9.98. The molecule has 15 nitrogen and oxygen atoms in total. The molecule has 0 aromatic rings. The molecule has 2 saturated heterocycles. The van der Waals surface area contributed by atoms with E-state index in [9.17, 15) is 45.3 Å². The predicted molar refractivity (Wildman–Crippen MR) is 266 cm³/mol. The van der Waals surface area contributed by atoms with Crippen LogP contribution in [0.4, 0.5) is 0 Å². The van der Waals surface area contributed by atoms with Crippen LogP contribution in [-0.2, 0) is 38.0 Å². The quantitative estimate of drug-likeness (QED) is 0.0180. The molecule has 2 rings (SSSR count). The molecule has 11 unspecified atom stereocenters. The Morgan fingerprint density at radius 1 is 0.493 bits per heavy atom. The lowest BCUT2D eigenvalue weighted by Gasteiger charge is -2.42. The molecule has 0 aliphatic carbocycles. The van der Waals surface area contributed by atoms with Gasteiger partial charge in [-0.3, -0.25) is 9.59 Å². The van der Waals surface area contributed by atoms with Crippen LogP contribution in [0.1, 0.15) is 162 Å². The second-order valence-electron chi connectivity index (χ2n) is 18.0. The summed E-state index contributed by atoms with van der Waals surface area (Å²) in [6, 6.07) is 0. The fourth-order valence-electron chi connectivity index (χ4n) is 7.70. The Bertz CT molecular complexity index is 1480. The van der Waals surface area contributed by atoms with Gasteiger partial charge in [-0.25, -0.2) is 0 Å². The first-order valence-corrected chi connectivity index (χ1v) is 26.0. The van der Waals surface area contributed by atoms with Crippen molar-refractivity contribution < 1.29 is 73.8 Å². The zero-order valence-corrected chi connectivity index (χ0v) is 41.8. The molecular formula is C54H90O15. The summed E-state index contributed by atoms with van der Waals surface area (Å²) < 4.78 is 33.4. The summed E-state index contributed by atoms with van der Waals surface area (Å²) in [5.41, 5.74) is 0.